The van der Waals surface area contributed by atoms with Crippen LogP contribution in [0.5, 0.6) is 11.5 Å². The Hall–Kier alpha value is -3.74. The van der Waals surface area contributed by atoms with Crippen molar-refractivity contribution < 1.29 is 28.5 Å². The van der Waals surface area contributed by atoms with E-state index in [0.717, 1.165) is 36.1 Å². The van der Waals surface area contributed by atoms with Crippen molar-refractivity contribution >= 4 is 17.6 Å². The highest BCUT2D eigenvalue weighted by Gasteiger charge is 2.06. The number of benzene rings is 2. The van der Waals surface area contributed by atoms with Crippen LogP contribution < -0.4 is 15.2 Å². The number of unbranched alkanes of at least 4 members (excludes halogenated alkanes) is 2. The number of anilines is 1. The number of esters is 2. The summed E-state index contributed by atoms with van der Waals surface area (Å²) in [5.41, 5.74) is 9.53. The second-order valence-corrected chi connectivity index (χ2v) is 8.22. The predicted molar refractivity (Wildman–Crippen MR) is 137 cm³/mol. The molecular formula is C28H35NO6. The zero-order valence-corrected chi connectivity index (χ0v) is 20.6. The van der Waals surface area contributed by atoms with E-state index in [9.17, 15) is 9.59 Å². The van der Waals surface area contributed by atoms with E-state index < -0.39 is 0 Å². The highest BCUT2D eigenvalue weighted by molar-refractivity contribution is 5.87. The van der Waals surface area contributed by atoms with Crippen LogP contribution in [0.3, 0.4) is 0 Å². The van der Waals surface area contributed by atoms with Gasteiger partial charge in [-0.25, -0.2) is 9.59 Å². The minimum Gasteiger partial charge on any atom is -0.494 e. The molecule has 188 valence electrons. The van der Waals surface area contributed by atoms with Gasteiger partial charge in [0.05, 0.1) is 32.1 Å². The molecule has 0 atom stereocenters. The molecule has 0 bridgehead atoms. The van der Waals surface area contributed by atoms with Gasteiger partial charge in [0.15, 0.2) is 0 Å². The standard InChI is InChI=1S/C28H35NO6/c1-20(2)27(30)34-17-7-5-15-32-24-12-9-22(10-13-24)23-11-14-26(25(29)19-23)33-16-6-8-18-35-28(31)21(3)4/h9-14,19H,1,3,5-8,15-18,29H2,2,4H3. The van der Waals surface area contributed by atoms with E-state index in [1.54, 1.807) is 13.8 Å². The van der Waals surface area contributed by atoms with Crippen LogP contribution in [0.1, 0.15) is 39.5 Å². The van der Waals surface area contributed by atoms with Crippen molar-refractivity contribution in [3.05, 3.63) is 66.8 Å². The summed E-state index contributed by atoms with van der Waals surface area (Å²) >= 11 is 0. The van der Waals surface area contributed by atoms with Gasteiger partial charge in [-0.2, -0.15) is 0 Å². The minimum absolute atomic E-state index is 0.341. The maximum absolute atomic E-state index is 11.3. The number of nitrogen functional groups attached to an aromatic ring is 1. The molecule has 2 rings (SSSR count). The second kappa shape index (κ2) is 14.5. The molecule has 2 N–H and O–H groups in total. The van der Waals surface area contributed by atoms with E-state index in [-0.39, 0.29) is 11.9 Å². The van der Waals surface area contributed by atoms with Gasteiger partial charge in [0, 0.05) is 11.1 Å². The van der Waals surface area contributed by atoms with Gasteiger partial charge in [-0.05, 0) is 74.9 Å². The van der Waals surface area contributed by atoms with E-state index >= 15 is 0 Å². The van der Waals surface area contributed by atoms with Gasteiger partial charge in [0.1, 0.15) is 11.5 Å². The van der Waals surface area contributed by atoms with Crippen molar-refractivity contribution in [2.75, 3.05) is 32.2 Å². The molecule has 0 fully saturated rings. The normalized spacial score (nSPS) is 10.3. The molecule has 7 nitrogen and oxygen atoms in total. The van der Waals surface area contributed by atoms with Crippen molar-refractivity contribution in [2.24, 2.45) is 0 Å². The molecule has 0 spiro atoms. The monoisotopic (exact) mass is 481 g/mol. The molecule has 0 saturated heterocycles. The van der Waals surface area contributed by atoms with Crippen LogP contribution in [0, 0.1) is 0 Å². The summed E-state index contributed by atoms with van der Waals surface area (Å²) in [6.07, 6.45) is 2.95. The van der Waals surface area contributed by atoms with Gasteiger partial charge in [0.2, 0.25) is 0 Å². The summed E-state index contributed by atoms with van der Waals surface area (Å²) in [6.45, 7) is 12.1. The largest absolute Gasteiger partial charge is 0.494 e. The molecule has 2 aromatic carbocycles. The van der Waals surface area contributed by atoms with Crippen molar-refractivity contribution in [1.82, 2.24) is 0 Å². The fraction of sp³-hybridized carbons (Fsp3) is 0.357. The van der Waals surface area contributed by atoms with Crippen molar-refractivity contribution in [3.8, 4) is 22.6 Å². The summed E-state index contributed by atoms with van der Waals surface area (Å²) in [7, 11) is 0. The molecule has 0 aliphatic rings. The summed E-state index contributed by atoms with van der Waals surface area (Å²) in [6, 6.07) is 13.5. The number of nitrogens with two attached hydrogens (primary N) is 1. The average Bonchev–Trinajstić information content (AvgIpc) is 2.84. The molecule has 2 aromatic rings. The molecule has 35 heavy (non-hydrogen) atoms. The second-order valence-electron chi connectivity index (χ2n) is 8.22. The zero-order chi connectivity index (χ0) is 25.6. The quantitative estimate of drug-likeness (QED) is 0.155. The smallest absolute Gasteiger partial charge is 0.333 e. The topological polar surface area (TPSA) is 97.1 Å². The van der Waals surface area contributed by atoms with Crippen LogP contribution in [-0.4, -0.2) is 38.4 Å². The number of hydrogen-bond acceptors (Lipinski definition) is 7. The number of ether oxygens (including phenoxy) is 4. The first-order valence-electron chi connectivity index (χ1n) is 11.7. The van der Waals surface area contributed by atoms with Gasteiger partial charge in [-0.1, -0.05) is 31.4 Å². The highest BCUT2D eigenvalue weighted by atomic mass is 16.5. The average molecular weight is 482 g/mol. The molecule has 0 amide bonds. The molecule has 0 unspecified atom stereocenters. The molecule has 0 saturated carbocycles. The Morgan fingerprint density at radius 3 is 1.71 bits per heavy atom. The molecule has 0 heterocycles. The van der Waals surface area contributed by atoms with Gasteiger partial charge in [-0.15, -0.1) is 0 Å². The lowest BCUT2D eigenvalue weighted by Gasteiger charge is -2.11. The number of carbonyl (C=O) groups excluding carboxylic acids is 2. The first-order valence-corrected chi connectivity index (χ1v) is 11.7. The predicted octanol–water partition coefficient (Wildman–Crippen LogP) is 5.49. The van der Waals surface area contributed by atoms with E-state index in [2.05, 4.69) is 13.2 Å². The fourth-order valence-electron chi connectivity index (χ4n) is 2.96. The fourth-order valence-corrected chi connectivity index (χ4v) is 2.96. The molecule has 0 aliphatic carbocycles. The Kier molecular flexibility index (Phi) is 11.4. The summed E-state index contributed by atoms with van der Waals surface area (Å²) in [4.78, 5) is 22.7. The SMILES string of the molecule is C=C(C)C(=O)OCCCCOc1ccc(-c2ccc(OCCCCOC(=O)C(=C)C)c(N)c2)cc1. The third kappa shape index (κ3) is 9.96. The molecule has 0 aromatic heterocycles. The van der Waals surface area contributed by atoms with Gasteiger partial charge in [0.25, 0.3) is 0 Å². The third-order valence-electron chi connectivity index (χ3n) is 4.96. The Morgan fingerprint density at radius 1 is 0.714 bits per heavy atom. The Labute approximate surface area is 207 Å². The third-order valence-corrected chi connectivity index (χ3v) is 4.96. The lowest BCUT2D eigenvalue weighted by molar-refractivity contribution is -0.139. The number of hydrogen-bond donors (Lipinski definition) is 1. The Bertz CT molecular complexity index is 1010. The zero-order valence-electron chi connectivity index (χ0n) is 20.6. The molecule has 7 heteroatoms. The van der Waals surface area contributed by atoms with Crippen molar-refractivity contribution in [1.29, 1.82) is 0 Å². The van der Waals surface area contributed by atoms with Crippen LogP contribution in [0.4, 0.5) is 5.69 Å². The molecular weight excluding hydrogens is 446 g/mol. The van der Waals surface area contributed by atoms with Crippen LogP contribution in [0.25, 0.3) is 11.1 Å². The lowest BCUT2D eigenvalue weighted by Crippen LogP contribution is -2.07. The van der Waals surface area contributed by atoms with Crippen LogP contribution >= 0.6 is 0 Å². The Balaban J connectivity index is 1.72. The first kappa shape index (κ1) is 27.5. The first-order chi connectivity index (χ1) is 16.8. The van der Waals surface area contributed by atoms with Crippen LogP contribution in [0.2, 0.25) is 0 Å². The highest BCUT2D eigenvalue weighted by Crippen LogP contribution is 2.29. The summed E-state index contributed by atoms with van der Waals surface area (Å²) in [5, 5.41) is 0. The molecule has 0 radical (unpaired) electrons. The Morgan fingerprint density at radius 2 is 1.20 bits per heavy atom. The van der Waals surface area contributed by atoms with Gasteiger partial charge < -0.3 is 24.7 Å². The van der Waals surface area contributed by atoms with Gasteiger partial charge in [-0.3, -0.25) is 0 Å². The number of rotatable bonds is 15. The maximum Gasteiger partial charge on any atom is 0.333 e. The van der Waals surface area contributed by atoms with Crippen LogP contribution in [-0.2, 0) is 19.1 Å². The van der Waals surface area contributed by atoms with Crippen LogP contribution in [0.15, 0.2) is 66.8 Å². The summed E-state index contributed by atoms with van der Waals surface area (Å²) in [5.74, 6) is 0.667. The van der Waals surface area contributed by atoms with E-state index in [1.807, 2.05) is 42.5 Å². The van der Waals surface area contributed by atoms with Gasteiger partial charge >= 0.3 is 11.9 Å². The maximum atomic E-state index is 11.3. The minimum atomic E-state index is -0.371. The van der Waals surface area contributed by atoms with E-state index in [4.69, 9.17) is 24.7 Å². The lowest BCUT2D eigenvalue weighted by atomic mass is 10.0. The van der Waals surface area contributed by atoms with E-state index in [0.29, 0.717) is 55.4 Å². The van der Waals surface area contributed by atoms with Crippen molar-refractivity contribution in [2.45, 2.75) is 39.5 Å². The number of carbonyl (C=O) groups is 2. The summed E-state index contributed by atoms with van der Waals surface area (Å²) < 4.78 is 21.6. The van der Waals surface area contributed by atoms with Crippen molar-refractivity contribution in [3.63, 3.8) is 0 Å². The van der Waals surface area contributed by atoms with E-state index in [1.165, 1.54) is 0 Å². The molecule has 0 aliphatic heterocycles.